The van der Waals surface area contributed by atoms with Crippen LogP contribution in [0.5, 0.6) is 5.75 Å². The van der Waals surface area contributed by atoms with Crippen molar-refractivity contribution in [3.63, 3.8) is 0 Å². The Labute approximate surface area is 165 Å². The smallest absolute Gasteiger partial charge is 0.124 e. The first-order valence-electron chi connectivity index (χ1n) is 7.76. The summed E-state index contributed by atoms with van der Waals surface area (Å²) in [6.45, 7) is 1.02. The number of nitrogens with one attached hydrogen (secondary N) is 1. The molecule has 2 nitrogen and oxygen atoms in total. The van der Waals surface area contributed by atoms with Crippen molar-refractivity contribution in [2.24, 2.45) is 0 Å². The molecule has 0 aliphatic carbocycles. The first-order chi connectivity index (χ1) is 12.1. The normalized spacial score (nSPS) is 10.5. The highest BCUT2D eigenvalue weighted by Crippen LogP contribution is 2.27. The fourth-order valence-electron chi connectivity index (χ4n) is 2.39. The summed E-state index contributed by atoms with van der Waals surface area (Å²) >= 11 is 15.9. The molecule has 0 fully saturated rings. The summed E-state index contributed by atoms with van der Waals surface area (Å²) in [6.07, 6.45) is 0. The fourth-order valence-corrected chi connectivity index (χ4v) is 3.19. The van der Waals surface area contributed by atoms with Crippen LogP contribution in [0.15, 0.2) is 71.2 Å². The van der Waals surface area contributed by atoms with Gasteiger partial charge in [0.1, 0.15) is 12.4 Å². The predicted molar refractivity (Wildman–Crippen MR) is 109 cm³/mol. The number of rotatable bonds is 6. The van der Waals surface area contributed by atoms with Gasteiger partial charge in [-0.2, -0.15) is 0 Å². The molecule has 0 aliphatic heterocycles. The minimum atomic E-state index is 0.417. The van der Waals surface area contributed by atoms with Gasteiger partial charge in [-0.15, -0.1) is 0 Å². The molecule has 0 aromatic heterocycles. The lowest BCUT2D eigenvalue weighted by molar-refractivity contribution is 0.303. The lowest BCUT2D eigenvalue weighted by Gasteiger charge is -2.14. The van der Waals surface area contributed by atoms with Crippen LogP contribution in [0.3, 0.4) is 0 Å². The number of hydrogen-bond acceptors (Lipinski definition) is 2. The summed E-state index contributed by atoms with van der Waals surface area (Å²) in [5.41, 5.74) is 2.87. The SMILES string of the molecule is Clc1ccccc1COc1ccc(Br)cc1CNc1ccccc1Cl. The molecule has 3 rings (SSSR count). The zero-order valence-electron chi connectivity index (χ0n) is 13.3. The Balaban J connectivity index is 1.74. The Hall–Kier alpha value is -1.68. The first-order valence-corrected chi connectivity index (χ1v) is 9.31. The molecule has 0 amide bonds. The van der Waals surface area contributed by atoms with E-state index in [-0.39, 0.29) is 0 Å². The van der Waals surface area contributed by atoms with Crippen LogP contribution in [0, 0.1) is 0 Å². The van der Waals surface area contributed by atoms with E-state index >= 15 is 0 Å². The van der Waals surface area contributed by atoms with Gasteiger partial charge in [0.05, 0.1) is 10.7 Å². The van der Waals surface area contributed by atoms with Gasteiger partial charge < -0.3 is 10.1 Å². The van der Waals surface area contributed by atoms with E-state index in [0.29, 0.717) is 23.2 Å². The standard InChI is InChI=1S/C20H16BrCl2NO/c21-16-9-10-20(25-13-14-5-1-2-6-17(14)22)15(11-16)12-24-19-8-4-3-7-18(19)23/h1-11,24H,12-13H2. The lowest BCUT2D eigenvalue weighted by Crippen LogP contribution is -2.04. The van der Waals surface area contributed by atoms with E-state index in [2.05, 4.69) is 21.2 Å². The van der Waals surface area contributed by atoms with Crippen LogP contribution in [-0.4, -0.2) is 0 Å². The summed E-state index contributed by atoms with van der Waals surface area (Å²) < 4.78 is 6.99. The van der Waals surface area contributed by atoms with Gasteiger partial charge in [-0.1, -0.05) is 69.5 Å². The van der Waals surface area contributed by atoms with Gasteiger partial charge in [0.2, 0.25) is 0 Å². The fraction of sp³-hybridized carbons (Fsp3) is 0.100. The highest BCUT2D eigenvalue weighted by atomic mass is 79.9. The van der Waals surface area contributed by atoms with Gasteiger partial charge >= 0.3 is 0 Å². The van der Waals surface area contributed by atoms with Crippen molar-refractivity contribution in [1.29, 1.82) is 0 Å². The van der Waals surface area contributed by atoms with Crippen LogP contribution in [0.25, 0.3) is 0 Å². The molecule has 0 saturated carbocycles. The maximum absolute atomic E-state index is 6.20. The van der Waals surface area contributed by atoms with Crippen LogP contribution in [0.4, 0.5) is 5.69 Å². The van der Waals surface area contributed by atoms with Gasteiger partial charge in [-0.05, 0) is 36.4 Å². The third kappa shape index (κ3) is 4.91. The molecule has 0 heterocycles. The minimum Gasteiger partial charge on any atom is -0.488 e. The Kier molecular flexibility index (Phi) is 6.24. The third-order valence-electron chi connectivity index (χ3n) is 3.71. The van der Waals surface area contributed by atoms with Gasteiger partial charge in [-0.25, -0.2) is 0 Å². The van der Waals surface area contributed by atoms with Crippen molar-refractivity contribution in [1.82, 2.24) is 0 Å². The highest BCUT2D eigenvalue weighted by molar-refractivity contribution is 9.10. The lowest BCUT2D eigenvalue weighted by atomic mass is 10.2. The van der Waals surface area contributed by atoms with Crippen LogP contribution in [0.2, 0.25) is 10.0 Å². The van der Waals surface area contributed by atoms with Crippen molar-refractivity contribution in [2.45, 2.75) is 13.2 Å². The molecule has 0 radical (unpaired) electrons. The summed E-state index contributed by atoms with van der Waals surface area (Å²) in [7, 11) is 0. The van der Waals surface area contributed by atoms with E-state index < -0.39 is 0 Å². The molecule has 3 aromatic carbocycles. The van der Waals surface area contributed by atoms with Crippen LogP contribution in [-0.2, 0) is 13.2 Å². The Morgan fingerprint density at radius 3 is 2.32 bits per heavy atom. The maximum atomic E-state index is 6.20. The van der Waals surface area contributed by atoms with Gasteiger partial charge in [0.15, 0.2) is 0 Å². The second-order valence-electron chi connectivity index (χ2n) is 5.47. The minimum absolute atomic E-state index is 0.417. The molecule has 3 aromatic rings. The molecule has 0 saturated heterocycles. The average molecular weight is 437 g/mol. The molecule has 0 spiro atoms. The van der Waals surface area contributed by atoms with E-state index in [1.165, 1.54) is 0 Å². The van der Waals surface area contributed by atoms with Crippen molar-refractivity contribution in [3.8, 4) is 5.75 Å². The largest absolute Gasteiger partial charge is 0.488 e. The summed E-state index contributed by atoms with van der Waals surface area (Å²) in [5.74, 6) is 0.808. The summed E-state index contributed by atoms with van der Waals surface area (Å²) in [5, 5.41) is 4.74. The third-order valence-corrected chi connectivity index (χ3v) is 4.90. The summed E-state index contributed by atoms with van der Waals surface area (Å²) in [6, 6.07) is 21.3. The Morgan fingerprint density at radius 1 is 0.840 bits per heavy atom. The van der Waals surface area contributed by atoms with Crippen molar-refractivity contribution >= 4 is 44.8 Å². The second-order valence-corrected chi connectivity index (χ2v) is 7.20. The van der Waals surface area contributed by atoms with E-state index in [1.807, 2.05) is 66.7 Å². The van der Waals surface area contributed by atoms with Gasteiger partial charge in [0.25, 0.3) is 0 Å². The highest BCUT2D eigenvalue weighted by Gasteiger charge is 2.08. The van der Waals surface area contributed by atoms with E-state index in [1.54, 1.807) is 0 Å². The quantitative estimate of drug-likeness (QED) is 0.451. The molecule has 5 heteroatoms. The van der Waals surface area contributed by atoms with Crippen molar-refractivity contribution in [3.05, 3.63) is 92.4 Å². The summed E-state index contributed by atoms with van der Waals surface area (Å²) in [4.78, 5) is 0. The number of halogens is 3. The topological polar surface area (TPSA) is 21.3 Å². The molecule has 0 aliphatic rings. The van der Waals surface area contributed by atoms with E-state index in [4.69, 9.17) is 27.9 Å². The molecule has 0 unspecified atom stereocenters. The molecule has 25 heavy (non-hydrogen) atoms. The Bertz CT molecular complexity index is 870. The number of anilines is 1. The molecular formula is C20H16BrCl2NO. The number of hydrogen-bond donors (Lipinski definition) is 1. The van der Waals surface area contributed by atoms with Crippen molar-refractivity contribution in [2.75, 3.05) is 5.32 Å². The zero-order valence-corrected chi connectivity index (χ0v) is 16.4. The average Bonchev–Trinajstić information content (AvgIpc) is 2.61. The first kappa shape index (κ1) is 18.1. The number of para-hydroxylation sites is 1. The van der Waals surface area contributed by atoms with Gasteiger partial charge in [0, 0.05) is 27.2 Å². The number of ether oxygens (including phenoxy) is 1. The number of benzene rings is 3. The molecule has 0 bridgehead atoms. The van der Waals surface area contributed by atoms with Gasteiger partial charge in [-0.3, -0.25) is 0 Å². The second kappa shape index (κ2) is 8.61. The monoisotopic (exact) mass is 435 g/mol. The van der Waals surface area contributed by atoms with E-state index in [0.717, 1.165) is 27.0 Å². The molecular weight excluding hydrogens is 421 g/mol. The molecule has 128 valence electrons. The Morgan fingerprint density at radius 2 is 1.56 bits per heavy atom. The molecule has 0 atom stereocenters. The van der Waals surface area contributed by atoms with Crippen LogP contribution >= 0.6 is 39.1 Å². The van der Waals surface area contributed by atoms with Crippen LogP contribution in [0.1, 0.15) is 11.1 Å². The van der Waals surface area contributed by atoms with Crippen molar-refractivity contribution < 1.29 is 4.74 Å². The predicted octanol–water partition coefficient (Wildman–Crippen LogP) is 6.95. The maximum Gasteiger partial charge on any atom is 0.124 e. The van der Waals surface area contributed by atoms with Crippen LogP contribution < -0.4 is 10.1 Å². The van der Waals surface area contributed by atoms with E-state index in [9.17, 15) is 0 Å². The molecule has 1 N–H and O–H groups in total. The zero-order chi connectivity index (χ0) is 17.6.